The van der Waals surface area contributed by atoms with Crippen molar-refractivity contribution in [2.75, 3.05) is 6.61 Å². The summed E-state index contributed by atoms with van der Waals surface area (Å²) in [6.07, 6.45) is 5.81. The van der Waals surface area contributed by atoms with E-state index in [1.54, 1.807) is 0 Å². The Hall–Kier alpha value is -1.09. The second kappa shape index (κ2) is 6.19. The summed E-state index contributed by atoms with van der Waals surface area (Å²) >= 11 is 5.74. The summed E-state index contributed by atoms with van der Waals surface area (Å²) in [7, 11) is 0. The van der Waals surface area contributed by atoms with Crippen LogP contribution in [0, 0.1) is 11.7 Å². The molecular weight excluding hydrogens is 255 g/mol. The number of benzene rings is 1. The summed E-state index contributed by atoms with van der Waals surface area (Å²) in [6.45, 7) is 0.380. The molecule has 4 heteroatoms. The van der Waals surface area contributed by atoms with Crippen LogP contribution in [-0.4, -0.2) is 12.6 Å². The van der Waals surface area contributed by atoms with Gasteiger partial charge in [-0.2, -0.15) is 0 Å². The SMILES string of the molecule is O=C(OCC1CCCCC1)c1cc(Cl)ccc1F. The van der Waals surface area contributed by atoms with E-state index in [2.05, 4.69) is 0 Å². The first kappa shape index (κ1) is 13.3. The molecule has 1 aliphatic rings. The minimum Gasteiger partial charge on any atom is -0.462 e. The van der Waals surface area contributed by atoms with Crippen molar-refractivity contribution in [2.24, 2.45) is 5.92 Å². The van der Waals surface area contributed by atoms with Crippen molar-refractivity contribution in [1.82, 2.24) is 0 Å². The van der Waals surface area contributed by atoms with Crippen LogP contribution < -0.4 is 0 Å². The monoisotopic (exact) mass is 270 g/mol. The molecule has 2 rings (SSSR count). The molecule has 0 bridgehead atoms. The third-order valence-corrected chi connectivity index (χ3v) is 3.56. The predicted octanol–water partition coefficient (Wildman–Crippen LogP) is 4.22. The minimum atomic E-state index is -0.624. The first-order valence-electron chi connectivity index (χ1n) is 6.29. The molecule has 0 N–H and O–H groups in total. The molecular formula is C14H16ClFO2. The summed E-state index contributed by atoms with van der Waals surface area (Å²) in [5.41, 5.74) is -0.0849. The van der Waals surface area contributed by atoms with E-state index in [-0.39, 0.29) is 5.56 Å². The summed E-state index contributed by atoms with van der Waals surface area (Å²) in [5, 5.41) is 0.334. The molecule has 98 valence electrons. The van der Waals surface area contributed by atoms with Crippen molar-refractivity contribution in [1.29, 1.82) is 0 Å². The fourth-order valence-electron chi connectivity index (χ4n) is 2.28. The molecule has 0 aromatic heterocycles. The van der Waals surface area contributed by atoms with Gasteiger partial charge in [0.05, 0.1) is 12.2 Å². The van der Waals surface area contributed by atoms with Crippen LogP contribution in [0.25, 0.3) is 0 Å². The average molecular weight is 271 g/mol. The number of carbonyl (C=O) groups excluding carboxylic acids is 1. The van der Waals surface area contributed by atoms with Crippen LogP contribution in [0.4, 0.5) is 4.39 Å². The van der Waals surface area contributed by atoms with Gasteiger partial charge < -0.3 is 4.74 Å². The Labute approximate surface area is 111 Å². The molecule has 0 unspecified atom stereocenters. The lowest BCUT2D eigenvalue weighted by atomic mass is 9.90. The van der Waals surface area contributed by atoms with Gasteiger partial charge in [-0.3, -0.25) is 0 Å². The number of hydrogen-bond acceptors (Lipinski definition) is 2. The maximum absolute atomic E-state index is 13.4. The molecule has 0 spiro atoms. The highest BCUT2D eigenvalue weighted by atomic mass is 35.5. The van der Waals surface area contributed by atoms with Crippen LogP contribution >= 0.6 is 11.6 Å². The summed E-state index contributed by atoms with van der Waals surface area (Å²) < 4.78 is 18.6. The summed E-state index contributed by atoms with van der Waals surface area (Å²) in [6, 6.07) is 3.90. The average Bonchev–Trinajstić information content (AvgIpc) is 2.40. The lowest BCUT2D eigenvalue weighted by molar-refractivity contribution is 0.0405. The highest BCUT2D eigenvalue weighted by Crippen LogP contribution is 2.24. The highest BCUT2D eigenvalue weighted by molar-refractivity contribution is 6.30. The lowest BCUT2D eigenvalue weighted by Gasteiger charge is -2.21. The maximum Gasteiger partial charge on any atom is 0.341 e. The molecule has 2 nitrogen and oxygen atoms in total. The van der Waals surface area contributed by atoms with Crippen LogP contribution in [0.2, 0.25) is 5.02 Å². The molecule has 0 heterocycles. The zero-order valence-corrected chi connectivity index (χ0v) is 10.9. The van der Waals surface area contributed by atoms with Crippen LogP contribution in [0.5, 0.6) is 0 Å². The first-order valence-corrected chi connectivity index (χ1v) is 6.67. The van der Waals surface area contributed by atoms with Gasteiger partial charge in [0.15, 0.2) is 0 Å². The maximum atomic E-state index is 13.4. The van der Waals surface area contributed by atoms with E-state index < -0.39 is 11.8 Å². The van der Waals surface area contributed by atoms with Crippen molar-refractivity contribution in [3.05, 3.63) is 34.6 Å². The third-order valence-electron chi connectivity index (χ3n) is 3.32. The van der Waals surface area contributed by atoms with Crippen molar-refractivity contribution in [2.45, 2.75) is 32.1 Å². The second-order valence-electron chi connectivity index (χ2n) is 4.73. The molecule has 0 atom stereocenters. The Morgan fingerprint density at radius 1 is 1.33 bits per heavy atom. The smallest absolute Gasteiger partial charge is 0.341 e. The topological polar surface area (TPSA) is 26.3 Å². The van der Waals surface area contributed by atoms with E-state index in [9.17, 15) is 9.18 Å². The van der Waals surface area contributed by atoms with Crippen molar-refractivity contribution >= 4 is 17.6 Å². The normalized spacial score (nSPS) is 16.6. The zero-order valence-electron chi connectivity index (χ0n) is 10.1. The Kier molecular flexibility index (Phi) is 4.59. The third kappa shape index (κ3) is 3.45. The van der Waals surface area contributed by atoms with Crippen molar-refractivity contribution in [3.63, 3.8) is 0 Å². The van der Waals surface area contributed by atoms with Gasteiger partial charge in [0.1, 0.15) is 5.82 Å². The highest BCUT2D eigenvalue weighted by Gasteiger charge is 2.18. The van der Waals surface area contributed by atoms with Crippen LogP contribution in [0.15, 0.2) is 18.2 Å². The van der Waals surface area contributed by atoms with Gasteiger partial charge >= 0.3 is 5.97 Å². The largest absolute Gasteiger partial charge is 0.462 e. The Morgan fingerprint density at radius 3 is 2.78 bits per heavy atom. The number of rotatable bonds is 3. The Balaban J connectivity index is 1.92. The molecule has 0 saturated heterocycles. The Morgan fingerprint density at radius 2 is 2.06 bits per heavy atom. The molecule has 1 aromatic carbocycles. The van der Waals surface area contributed by atoms with Crippen LogP contribution in [0.1, 0.15) is 42.5 Å². The van der Waals surface area contributed by atoms with Crippen molar-refractivity contribution < 1.29 is 13.9 Å². The van der Waals surface area contributed by atoms with Gasteiger partial charge in [0, 0.05) is 5.02 Å². The van der Waals surface area contributed by atoms with Crippen molar-refractivity contribution in [3.8, 4) is 0 Å². The van der Waals surface area contributed by atoms with Crippen LogP contribution in [-0.2, 0) is 4.74 Å². The van der Waals surface area contributed by atoms with Crippen LogP contribution in [0.3, 0.4) is 0 Å². The van der Waals surface area contributed by atoms with Gasteiger partial charge in [0.25, 0.3) is 0 Å². The number of esters is 1. The molecule has 1 aliphatic carbocycles. The first-order chi connectivity index (χ1) is 8.66. The summed E-state index contributed by atoms with van der Waals surface area (Å²) in [5.74, 6) is -0.793. The number of hydrogen-bond donors (Lipinski definition) is 0. The molecule has 1 aromatic rings. The molecule has 18 heavy (non-hydrogen) atoms. The van der Waals surface area contributed by atoms with Gasteiger partial charge in [-0.15, -0.1) is 0 Å². The Bertz CT molecular complexity index is 428. The number of ether oxygens (including phenoxy) is 1. The minimum absolute atomic E-state index is 0.0849. The quantitative estimate of drug-likeness (QED) is 0.769. The number of carbonyl (C=O) groups is 1. The molecule has 1 saturated carbocycles. The zero-order chi connectivity index (χ0) is 13.0. The molecule has 0 aliphatic heterocycles. The molecule has 0 radical (unpaired) electrons. The van der Waals surface area contributed by atoms with E-state index in [1.807, 2.05) is 0 Å². The van der Waals surface area contributed by atoms with Gasteiger partial charge in [-0.25, -0.2) is 9.18 Å². The molecule has 0 amide bonds. The fraction of sp³-hybridized carbons (Fsp3) is 0.500. The standard InChI is InChI=1S/C14H16ClFO2/c15-11-6-7-13(16)12(8-11)14(17)18-9-10-4-2-1-3-5-10/h6-8,10H,1-5,9H2. The van der Waals surface area contributed by atoms with Gasteiger partial charge in [-0.1, -0.05) is 30.9 Å². The van der Waals surface area contributed by atoms with E-state index >= 15 is 0 Å². The predicted molar refractivity (Wildman–Crippen MR) is 68.3 cm³/mol. The second-order valence-corrected chi connectivity index (χ2v) is 5.16. The molecule has 1 fully saturated rings. The number of halogens is 2. The van der Waals surface area contributed by atoms with Gasteiger partial charge in [-0.05, 0) is 37.0 Å². The van der Waals surface area contributed by atoms with E-state index in [1.165, 1.54) is 37.5 Å². The van der Waals surface area contributed by atoms with Gasteiger partial charge in [0.2, 0.25) is 0 Å². The fourth-order valence-corrected chi connectivity index (χ4v) is 2.45. The van der Waals surface area contributed by atoms with E-state index in [0.29, 0.717) is 17.5 Å². The summed E-state index contributed by atoms with van der Waals surface area (Å²) in [4.78, 5) is 11.7. The lowest BCUT2D eigenvalue weighted by Crippen LogP contribution is -2.17. The van der Waals surface area contributed by atoms with E-state index in [4.69, 9.17) is 16.3 Å². The van der Waals surface area contributed by atoms with E-state index in [0.717, 1.165) is 12.8 Å².